The highest BCUT2D eigenvalue weighted by Crippen LogP contribution is 2.40. The summed E-state index contributed by atoms with van der Waals surface area (Å²) in [7, 11) is -4.25. The van der Waals surface area contributed by atoms with Crippen LogP contribution in [0.15, 0.2) is 42.5 Å². The number of fused-ring (bicyclic) bond motifs is 2. The quantitative estimate of drug-likeness (QED) is 0.391. The van der Waals surface area contributed by atoms with Gasteiger partial charge in [-0.15, -0.1) is 0 Å². The Balaban J connectivity index is 1.59. The first-order valence-corrected chi connectivity index (χ1v) is 11.7. The molecule has 0 radical (unpaired) electrons. The fraction of sp³-hybridized carbons (Fsp3) is 0.348. The minimum atomic E-state index is -4.25. The van der Waals surface area contributed by atoms with Gasteiger partial charge in [-0.25, -0.2) is 8.42 Å². The summed E-state index contributed by atoms with van der Waals surface area (Å²) in [5.41, 5.74) is 4.46. The number of rotatable bonds is 6. The molecule has 0 saturated carbocycles. The van der Waals surface area contributed by atoms with Crippen LogP contribution in [0, 0.1) is 0 Å². The number of carbonyl (C=O) groups excluding carboxylic acids is 2. The molecule has 0 unspecified atom stereocenters. The number of benzene rings is 2. The molecule has 0 bridgehead atoms. The summed E-state index contributed by atoms with van der Waals surface area (Å²) in [5.74, 6) is -0.975. The van der Waals surface area contributed by atoms with Gasteiger partial charge in [0.05, 0.1) is 33.2 Å². The second-order valence-corrected chi connectivity index (χ2v) is 10.1. The Kier molecular flexibility index (Phi) is 5.10. The van der Waals surface area contributed by atoms with Crippen molar-refractivity contribution >= 4 is 33.3 Å². The zero-order valence-corrected chi connectivity index (χ0v) is 18.5. The number of imide groups is 1. The van der Waals surface area contributed by atoms with Crippen molar-refractivity contribution in [1.29, 1.82) is 0 Å². The summed E-state index contributed by atoms with van der Waals surface area (Å²) < 4.78 is 34.9. The molecule has 2 amide bonds. The van der Waals surface area contributed by atoms with E-state index in [9.17, 15) is 22.6 Å². The zero-order chi connectivity index (χ0) is 22.6. The molecule has 0 aromatic heterocycles. The van der Waals surface area contributed by atoms with E-state index in [2.05, 4.69) is 13.8 Å². The molecule has 31 heavy (non-hydrogen) atoms. The van der Waals surface area contributed by atoms with Crippen LogP contribution in [0.4, 0.5) is 5.69 Å². The van der Waals surface area contributed by atoms with Crippen molar-refractivity contribution in [2.24, 2.45) is 0 Å². The number of carbonyl (C=O) groups is 2. The van der Waals surface area contributed by atoms with E-state index in [0.29, 0.717) is 17.7 Å². The van der Waals surface area contributed by atoms with Gasteiger partial charge in [-0.2, -0.15) is 4.58 Å². The van der Waals surface area contributed by atoms with Crippen LogP contribution in [-0.4, -0.2) is 52.3 Å². The van der Waals surface area contributed by atoms with Gasteiger partial charge >= 0.3 is 0 Å². The van der Waals surface area contributed by atoms with Crippen molar-refractivity contribution in [3.8, 4) is 0 Å². The Hall–Kier alpha value is -2.84. The molecular formula is C23H24N2O5S. The second kappa shape index (κ2) is 7.39. The van der Waals surface area contributed by atoms with Crippen LogP contribution in [-0.2, 0) is 22.1 Å². The average Bonchev–Trinajstić information content (AvgIpc) is 3.05. The molecule has 0 aliphatic carbocycles. The lowest BCUT2D eigenvalue weighted by atomic mass is 9.81. The Labute approximate surface area is 181 Å². The summed E-state index contributed by atoms with van der Waals surface area (Å²) in [6.45, 7) is 6.77. The molecule has 2 aromatic rings. The van der Waals surface area contributed by atoms with Gasteiger partial charge in [0.15, 0.2) is 5.71 Å². The third kappa shape index (κ3) is 3.70. The third-order valence-corrected chi connectivity index (χ3v) is 7.12. The Morgan fingerprint density at radius 3 is 2.23 bits per heavy atom. The minimum absolute atomic E-state index is 0.184. The topological polar surface area (TPSA) is 97.6 Å². The number of nitrogens with zero attached hydrogens (tertiary/aromatic N) is 2. The first-order chi connectivity index (χ1) is 14.5. The van der Waals surface area contributed by atoms with E-state index >= 15 is 0 Å². The van der Waals surface area contributed by atoms with Gasteiger partial charge in [0, 0.05) is 30.7 Å². The van der Waals surface area contributed by atoms with Crippen molar-refractivity contribution in [3.05, 3.63) is 64.7 Å². The van der Waals surface area contributed by atoms with Gasteiger partial charge in [-0.05, 0) is 37.6 Å². The first kappa shape index (κ1) is 21.4. The third-order valence-electron chi connectivity index (χ3n) is 6.33. The molecule has 8 heteroatoms. The monoisotopic (exact) mass is 440 g/mol. The molecule has 4 rings (SSSR count). The molecule has 0 saturated heterocycles. The van der Waals surface area contributed by atoms with E-state index in [4.69, 9.17) is 0 Å². The van der Waals surface area contributed by atoms with Gasteiger partial charge in [-0.1, -0.05) is 18.2 Å². The van der Waals surface area contributed by atoms with Gasteiger partial charge in [0.2, 0.25) is 5.69 Å². The van der Waals surface area contributed by atoms with Crippen molar-refractivity contribution in [1.82, 2.24) is 4.90 Å². The second-order valence-electron chi connectivity index (χ2n) is 8.57. The highest BCUT2D eigenvalue weighted by Gasteiger charge is 2.43. The molecule has 7 nitrogen and oxygen atoms in total. The van der Waals surface area contributed by atoms with Crippen LogP contribution in [0.3, 0.4) is 0 Å². The molecule has 2 aliphatic rings. The highest BCUT2D eigenvalue weighted by molar-refractivity contribution is 7.85. The SMILES string of the molecule is CC1=[N+](CCCS(=O)(=O)[O-])c2ccc(CN3C(=O)c4ccccc4C3=O)cc2C1(C)C. The highest BCUT2D eigenvalue weighted by atomic mass is 32.2. The first-order valence-electron chi connectivity index (χ1n) is 10.1. The van der Waals surface area contributed by atoms with E-state index < -0.39 is 15.9 Å². The predicted molar refractivity (Wildman–Crippen MR) is 115 cm³/mol. The number of hydrogen-bond acceptors (Lipinski definition) is 5. The summed E-state index contributed by atoms with van der Waals surface area (Å²) in [6.07, 6.45) is 0.246. The van der Waals surface area contributed by atoms with E-state index in [1.165, 1.54) is 4.90 Å². The van der Waals surface area contributed by atoms with Gasteiger partial charge in [0.25, 0.3) is 11.8 Å². The molecule has 2 aromatic carbocycles. The predicted octanol–water partition coefficient (Wildman–Crippen LogP) is 2.81. The molecule has 0 fully saturated rings. The van der Waals surface area contributed by atoms with Crippen molar-refractivity contribution in [3.63, 3.8) is 0 Å². The summed E-state index contributed by atoms with van der Waals surface area (Å²) in [4.78, 5) is 26.7. The standard InChI is InChI=1S/C23H24N2O5S/c1-15-23(2,3)19-13-16(9-10-20(19)24(15)11-6-12-31(28,29)30)14-25-21(26)17-7-4-5-8-18(17)22(25)27/h4-5,7-10,13H,6,11-12,14H2,1-3H3. The maximum atomic E-state index is 12.7. The molecule has 2 heterocycles. The zero-order valence-electron chi connectivity index (χ0n) is 17.7. The van der Waals surface area contributed by atoms with Gasteiger partial charge in [0.1, 0.15) is 6.54 Å². The summed E-state index contributed by atoms with van der Waals surface area (Å²) in [5, 5.41) is 0. The lowest BCUT2D eigenvalue weighted by molar-refractivity contribution is -0.438. The number of amides is 2. The normalized spacial score (nSPS) is 17.4. The summed E-state index contributed by atoms with van der Waals surface area (Å²) >= 11 is 0. The Morgan fingerprint density at radius 1 is 1.03 bits per heavy atom. The molecule has 2 aliphatic heterocycles. The van der Waals surface area contributed by atoms with Crippen LogP contribution < -0.4 is 0 Å². The van der Waals surface area contributed by atoms with E-state index in [-0.39, 0.29) is 30.2 Å². The Bertz CT molecular complexity index is 1210. The minimum Gasteiger partial charge on any atom is -0.748 e. The van der Waals surface area contributed by atoms with Crippen molar-refractivity contribution in [2.45, 2.75) is 39.2 Å². The number of hydrogen-bond donors (Lipinski definition) is 0. The van der Waals surface area contributed by atoms with E-state index in [1.807, 2.05) is 29.7 Å². The molecule has 0 N–H and O–H groups in total. The molecular weight excluding hydrogens is 416 g/mol. The smallest absolute Gasteiger partial charge is 0.261 e. The molecule has 0 atom stereocenters. The molecule has 162 valence electrons. The maximum absolute atomic E-state index is 12.7. The van der Waals surface area contributed by atoms with E-state index in [0.717, 1.165) is 22.5 Å². The van der Waals surface area contributed by atoms with Gasteiger partial charge in [-0.3, -0.25) is 14.5 Å². The largest absolute Gasteiger partial charge is 0.748 e. The van der Waals surface area contributed by atoms with Crippen molar-refractivity contribution < 1.29 is 27.1 Å². The van der Waals surface area contributed by atoms with E-state index in [1.54, 1.807) is 24.3 Å². The van der Waals surface area contributed by atoms with Crippen LogP contribution in [0.2, 0.25) is 0 Å². The lowest BCUT2D eigenvalue weighted by Crippen LogP contribution is -2.29. The fourth-order valence-electron chi connectivity index (χ4n) is 4.38. The van der Waals surface area contributed by atoms with Crippen LogP contribution in [0.5, 0.6) is 0 Å². The fourth-order valence-corrected chi connectivity index (χ4v) is 4.87. The molecule has 0 spiro atoms. The summed E-state index contributed by atoms with van der Waals surface area (Å²) in [6, 6.07) is 12.7. The van der Waals surface area contributed by atoms with Gasteiger partial charge < -0.3 is 4.55 Å². The average molecular weight is 441 g/mol. The Morgan fingerprint density at radius 2 is 1.65 bits per heavy atom. The van der Waals surface area contributed by atoms with Crippen LogP contribution in [0.1, 0.15) is 59.0 Å². The van der Waals surface area contributed by atoms with Crippen molar-refractivity contribution in [2.75, 3.05) is 12.3 Å². The van der Waals surface area contributed by atoms with Crippen LogP contribution >= 0.6 is 0 Å². The maximum Gasteiger partial charge on any atom is 0.261 e. The van der Waals surface area contributed by atoms with Crippen LogP contribution in [0.25, 0.3) is 0 Å². The lowest BCUT2D eigenvalue weighted by Gasteiger charge is -2.18.